The number of furan rings is 1. The number of carbonyl (C=O) groups is 1. The van der Waals surface area contributed by atoms with E-state index in [-0.39, 0.29) is 35.3 Å². The second-order valence-corrected chi connectivity index (χ2v) is 11.7. The molecule has 4 aliphatic carbocycles. The fraction of sp³-hybridized carbons (Fsp3) is 0.667. The van der Waals surface area contributed by atoms with Gasteiger partial charge in [-0.2, -0.15) is 0 Å². The molecule has 1 aromatic carbocycles. The third-order valence-corrected chi connectivity index (χ3v) is 9.43. The molecule has 5 atom stereocenters. The van der Waals surface area contributed by atoms with Crippen LogP contribution >= 0.6 is 0 Å². The molecule has 2 bridgehead atoms. The van der Waals surface area contributed by atoms with Crippen molar-refractivity contribution in [2.75, 3.05) is 0 Å². The number of hydrogen-bond donors (Lipinski definition) is 1. The van der Waals surface area contributed by atoms with Crippen LogP contribution in [0.25, 0.3) is 11.0 Å². The van der Waals surface area contributed by atoms with Crippen LogP contribution in [-0.2, 0) is 20.5 Å². The van der Waals surface area contributed by atoms with E-state index in [0.717, 1.165) is 48.6 Å². The summed E-state index contributed by atoms with van der Waals surface area (Å²) in [5.41, 5.74) is 1.83. The number of nitrogens with one attached hydrogen (secondary N) is 1. The normalized spacial score (nSPS) is 33.3. The number of rotatable bonds is 5. The summed E-state index contributed by atoms with van der Waals surface area (Å²) in [5.74, 6) is 0.789. The minimum Gasteiger partial charge on any atom is -0.464 e. The molecule has 1 aromatic heterocycles. The molecule has 5 fully saturated rings. The highest BCUT2D eigenvalue weighted by molar-refractivity contribution is 6.48. The molecule has 7 rings (SSSR count). The van der Waals surface area contributed by atoms with Crippen molar-refractivity contribution in [2.45, 2.75) is 95.9 Å². The van der Waals surface area contributed by atoms with E-state index in [0.29, 0.717) is 18.3 Å². The maximum atomic E-state index is 13.0. The van der Waals surface area contributed by atoms with Crippen molar-refractivity contribution >= 4 is 24.2 Å². The SMILES string of the molecule is CC1(C)[C@@H]2C[C@H]3OB([C@H](Cc4coc5ccccc45)NC(=O)OC4CCCCC4)O[C@@]3(C)[C@H]1C2. The summed E-state index contributed by atoms with van der Waals surface area (Å²) in [7, 11) is -0.516. The van der Waals surface area contributed by atoms with E-state index in [4.69, 9.17) is 18.5 Å². The van der Waals surface area contributed by atoms with E-state index in [1.165, 1.54) is 12.8 Å². The van der Waals surface area contributed by atoms with Gasteiger partial charge in [0, 0.05) is 5.39 Å². The lowest BCUT2D eigenvalue weighted by molar-refractivity contribution is -0.199. The van der Waals surface area contributed by atoms with E-state index in [1.807, 2.05) is 18.2 Å². The summed E-state index contributed by atoms with van der Waals surface area (Å²) >= 11 is 0. The van der Waals surface area contributed by atoms with Crippen LogP contribution in [0.2, 0.25) is 0 Å². The summed E-state index contributed by atoms with van der Waals surface area (Å²) in [5, 5.41) is 4.19. The summed E-state index contributed by atoms with van der Waals surface area (Å²) in [6, 6.07) is 8.00. The quantitative estimate of drug-likeness (QED) is 0.577. The highest BCUT2D eigenvalue weighted by Gasteiger charge is 2.68. The maximum Gasteiger partial charge on any atom is 0.482 e. The molecule has 0 radical (unpaired) electrons. The first-order valence-electron chi connectivity index (χ1n) is 13.1. The third-order valence-electron chi connectivity index (χ3n) is 9.43. The zero-order valence-corrected chi connectivity index (χ0v) is 20.5. The zero-order valence-electron chi connectivity index (χ0n) is 20.5. The van der Waals surface area contributed by atoms with Crippen LogP contribution in [0.3, 0.4) is 0 Å². The van der Waals surface area contributed by atoms with Crippen LogP contribution in [0.4, 0.5) is 4.79 Å². The van der Waals surface area contributed by atoms with E-state index in [9.17, 15) is 4.79 Å². The smallest absolute Gasteiger partial charge is 0.464 e. The van der Waals surface area contributed by atoms with Gasteiger partial charge in [0.25, 0.3) is 0 Å². The Morgan fingerprint density at radius 2 is 1.97 bits per heavy atom. The van der Waals surface area contributed by atoms with Crippen molar-refractivity contribution in [3.8, 4) is 0 Å². The summed E-state index contributed by atoms with van der Waals surface area (Å²) in [6.07, 6.45) is 9.60. The van der Waals surface area contributed by atoms with Gasteiger partial charge < -0.3 is 23.8 Å². The first-order valence-corrected chi connectivity index (χ1v) is 13.1. The largest absolute Gasteiger partial charge is 0.482 e. The van der Waals surface area contributed by atoms with Crippen LogP contribution < -0.4 is 5.32 Å². The monoisotopic (exact) mass is 465 g/mol. The fourth-order valence-corrected chi connectivity index (χ4v) is 7.23. The van der Waals surface area contributed by atoms with Gasteiger partial charge in [0.1, 0.15) is 11.7 Å². The second kappa shape index (κ2) is 8.30. The molecule has 0 unspecified atom stereocenters. The predicted molar refractivity (Wildman–Crippen MR) is 130 cm³/mol. The zero-order chi connectivity index (χ0) is 23.5. The number of ether oxygens (including phenoxy) is 1. The van der Waals surface area contributed by atoms with Gasteiger partial charge in [-0.05, 0) is 80.8 Å². The standard InChI is InChI=1S/C27H36BNO5/c1-26(2)18-14-22(26)27(3)23(15-18)33-28(34-27)24(29-25(30)32-19-9-5-4-6-10-19)13-17-16-31-21-12-8-7-11-20(17)21/h7-8,11-12,16,18-19,22-24H,4-6,9-10,13-15H2,1-3H3,(H,29,30)/t18-,22-,23+,24-,27-/m0/s1. The molecule has 0 spiro atoms. The predicted octanol–water partition coefficient (Wildman–Crippen LogP) is 5.67. The Bertz CT molecular complexity index is 1060. The van der Waals surface area contributed by atoms with Gasteiger partial charge in [0.05, 0.1) is 23.9 Å². The first-order chi connectivity index (χ1) is 16.3. The molecule has 1 amide bonds. The number of hydrogen-bond acceptors (Lipinski definition) is 5. The molecule has 1 saturated heterocycles. The number of carbonyl (C=O) groups excluding carboxylic acids is 1. The molecule has 7 heteroatoms. The Balaban J connectivity index is 1.23. The Morgan fingerprint density at radius 3 is 2.76 bits per heavy atom. The molecule has 2 aromatic rings. The van der Waals surface area contributed by atoms with Gasteiger partial charge in [0.2, 0.25) is 0 Å². The molecular formula is C27H36BNO5. The van der Waals surface area contributed by atoms with Crippen LogP contribution in [0, 0.1) is 17.3 Å². The average molecular weight is 465 g/mol. The minimum absolute atomic E-state index is 0.00249. The number of fused-ring (bicyclic) bond motifs is 1. The Labute approximate surface area is 202 Å². The summed E-state index contributed by atoms with van der Waals surface area (Å²) in [6.45, 7) is 6.93. The maximum absolute atomic E-state index is 13.0. The molecule has 5 aliphatic rings. The lowest BCUT2D eigenvalue weighted by atomic mass is 9.43. The van der Waals surface area contributed by atoms with Gasteiger partial charge in [0.15, 0.2) is 0 Å². The molecule has 6 nitrogen and oxygen atoms in total. The fourth-order valence-electron chi connectivity index (χ4n) is 7.23. The second-order valence-electron chi connectivity index (χ2n) is 11.7. The molecule has 4 saturated carbocycles. The highest BCUT2D eigenvalue weighted by Crippen LogP contribution is 2.65. The lowest BCUT2D eigenvalue weighted by Gasteiger charge is -2.64. The van der Waals surface area contributed by atoms with E-state index in [1.54, 1.807) is 6.26 Å². The number of amides is 1. The molecule has 1 aliphatic heterocycles. The average Bonchev–Trinajstić information content (AvgIpc) is 3.39. The number of alkyl carbamates (subject to hydrolysis) is 1. The molecule has 34 heavy (non-hydrogen) atoms. The van der Waals surface area contributed by atoms with Crippen molar-refractivity contribution < 1.29 is 23.3 Å². The van der Waals surface area contributed by atoms with E-state index in [2.05, 4.69) is 32.2 Å². The Kier molecular flexibility index (Phi) is 5.49. The summed E-state index contributed by atoms with van der Waals surface area (Å²) < 4.78 is 24.9. The van der Waals surface area contributed by atoms with Crippen LogP contribution in [0.1, 0.15) is 71.3 Å². The third kappa shape index (κ3) is 3.67. The van der Waals surface area contributed by atoms with Crippen molar-refractivity contribution in [2.24, 2.45) is 17.3 Å². The molecule has 2 heterocycles. The minimum atomic E-state index is -0.516. The van der Waals surface area contributed by atoms with Crippen LogP contribution in [0.5, 0.6) is 0 Å². The molecule has 182 valence electrons. The van der Waals surface area contributed by atoms with Gasteiger partial charge >= 0.3 is 13.2 Å². The molecule has 1 N–H and O–H groups in total. The van der Waals surface area contributed by atoms with Crippen molar-refractivity contribution in [3.63, 3.8) is 0 Å². The van der Waals surface area contributed by atoms with Gasteiger partial charge in [-0.3, -0.25) is 0 Å². The first kappa shape index (κ1) is 22.5. The van der Waals surface area contributed by atoms with Crippen LogP contribution in [-0.4, -0.2) is 37.0 Å². The van der Waals surface area contributed by atoms with E-state index < -0.39 is 7.12 Å². The number of benzene rings is 1. The van der Waals surface area contributed by atoms with Gasteiger partial charge in [-0.15, -0.1) is 0 Å². The number of para-hydroxylation sites is 1. The van der Waals surface area contributed by atoms with Gasteiger partial charge in [-0.1, -0.05) is 38.5 Å². The highest BCUT2D eigenvalue weighted by atomic mass is 16.7. The summed E-state index contributed by atoms with van der Waals surface area (Å²) in [4.78, 5) is 13.0. The van der Waals surface area contributed by atoms with Crippen molar-refractivity contribution in [1.29, 1.82) is 0 Å². The van der Waals surface area contributed by atoms with Gasteiger partial charge in [-0.25, -0.2) is 4.79 Å². The lowest BCUT2D eigenvalue weighted by Crippen LogP contribution is -2.65. The van der Waals surface area contributed by atoms with Crippen LogP contribution in [0.15, 0.2) is 34.9 Å². The van der Waals surface area contributed by atoms with E-state index >= 15 is 0 Å². The topological polar surface area (TPSA) is 69.9 Å². The Morgan fingerprint density at radius 1 is 1.18 bits per heavy atom. The molecular weight excluding hydrogens is 429 g/mol. The van der Waals surface area contributed by atoms with Crippen molar-refractivity contribution in [1.82, 2.24) is 5.32 Å². The Hall–Kier alpha value is -1.99. The van der Waals surface area contributed by atoms with Crippen molar-refractivity contribution in [3.05, 3.63) is 36.1 Å².